The number of carbonyl (C=O) groups is 1. The van der Waals surface area contributed by atoms with Gasteiger partial charge in [-0.15, -0.1) is 0 Å². The summed E-state index contributed by atoms with van der Waals surface area (Å²) < 4.78 is 23.8. The summed E-state index contributed by atoms with van der Waals surface area (Å²) in [6.45, 7) is 4.45. The van der Waals surface area contributed by atoms with Gasteiger partial charge in [0, 0.05) is 18.0 Å². The van der Waals surface area contributed by atoms with E-state index >= 15 is 0 Å². The Morgan fingerprint density at radius 2 is 1.83 bits per heavy atom. The highest BCUT2D eigenvalue weighted by molar-refractivity contribution is 5.79. The Hall–Kier alpha value is -2.60. The molecule has 3 rings (SSSR count). The van der Waals surface area contributed by atoms with Crippen LogP contribution in [0.2, 0.25) is 0 Å². The van der Waals surface area contributed by atoms with Gasteiger partial charge in [-0.05, 0) is 68.8 Å². The predicted molar refractivity (Wildman–Crippen MR) is 111 cm³/mol. The highest BCUT2D eigenvalue weighted by Crippen LogP contribution is 2.30. The van der Waals surface area contributed by atoms with E-state index in [2.05, 4.69) is 10.2 Å². The van der Waals surface area contributed by atoms with E-state index < -0.39 is 0 Å². The first-order chi connectivity index (χ1) is 14.0. The standard InChI is InChI=1S/C23H29FN2O3/c1-16(21-14-20(28-2)8-9-22(21)29-3)25-23(27)18-10-12-26(13-11-18)15-17-4-6-19(24)7-5-17/h4-9,14,16,18H,10-13,15H2,1-3H3,(H,25,27). The zero-order chi connectivity index (χ0) is 20.8. The first kappa shape index (κ1) is 21.1. The molecular weight excluding hydrogens is 371 g/mol. The van der Waals surface area contributed by atoms with Gasteiger partial charge in [0.2, 0.25) is 5.91 Å². The molecule has 1 heterocycles. The number of methoxy groups -OCH3 is 2. The number of piperidine rings is 1. The molecule has 0 aliphatic carbocycles. The lowest BCUT2D eigenvalue weighted by Gasteiger charge is -2.32. The van der Waals surface area contributed by atoms with Crippen molar-refractivity contribution >= 4 is 5.91 Å². The van der Waals surface area contributed by atoms with Crippen molar-refractivity contribution in [3.63, 3.8) is 0 Å². The van der Waals surface area contributed by atoms with Crippen molar-refractivity contribution in [1.82, 2.24) is 10.2 Å². The van der Waals surface area contributed by atoms with E-state index in [4.69, 9.17) is 9.47 Å². The molecular formula is C23H29FN2O3. The van der Waals surface area contributed by atoms with Gasteiger partial charge in [-0.25, -0.2) is 4.39 Å². The first-order valence-electron chi connectivity index (χ1n) is 9.99. The lowest BCUT2D eigenvalue weighted by molar-refractivity contribution is -0.127. The van der Waals surface area contributed by atoms with Crippen LogP contribution in [0.15, 0.2) is 42.5 Å². The SMILES string of the molecule is COc1ccc(OC)c(C(C)NC(=O)C2CCN(Cc3ccc(F)cc3)CC2)c1. The third-order valence-electron chi connectivity index (χ3n) is 5.54. The Morgan fingerprint density at radius 1 is 1.14 bits per heavy atom. The lowest BCUT2D eigenvalue weighted by Crippen LogP contribution is -2.40. The molecule has 2 aromatic carbocycles. The summed E-state index contributed by atoms with van der Waals surface area (Å²) in [6, 6.07) is 12.0. The molecule has 1 fully saturated rings. The van der Waals surface area contributed by atoms with E-state index in [1.807, 2.05) is 37.3 Å². The monoisotopic (exact) mass is 400 g/mol. The highest BCUT2D eigenvalue weighted by Gasteiger charge is 2.26. The molecule has 2 aromatic rings. The fourth-order valence-corrected chi connectivity index (χ4v) is 3.79. The van der Waals surface area contributed by atoms with Gasteiger partial charge in [-0.3, -0.25) is 9.69 Å². The molecule has 0 spiro atoms. The molecule has 1 aliphatic heterocycles. The van der Waals surface area contributed by atoms with Crippen molar-refractivity contribution in [3.8, 4) is 11.5 Å². The van der Waals surface area contributed by atoms with Crippen LogP contribution in [0.5, 0.6) is 11.5 Å². The van der Waals surface area contributed by atoms with Crippen molar-refractivity contribution < 1.29 is 18.7 Å². The van der Waals surface area contributed by atoms with Crippen LogP contribution in [0.3, 0.4) is 0 Å². The summed E-state index contributed by atoms with van der Waals surface area (Å²) in [7, 11) is 3.24. The Morgan fingerprint density at radius 3 is 2.45 bits per heavy atom. The molecule has 156 valence electrons. The maximum absolute atomic E-state index is 13.0. The number of amides is 1. The van der Waals surface area contributed by atoms with Gasteiger partial charge in [0.25, 0.3) is 0 Å². The van der Waals surface area contributed by atoms with Gasteiger partial charge in [0.15, 0.2) is 0 Å². The van der Waals surface area contributed by atoms with Crippen LogP contribution in [0.25, 0.3) is 0 Å². The number of nitrogens with zero attached hydrogens (tertiary/aromatic N) is 1. The van der Waals surface area contributed by atoms with Gasteiger partial charge < -0.3 is 14.8 Å². The number of likely N-dealkylation sites (tertiary alicyclic amines) is 1. The molecule has 5 nitrogen and oxygen atoms in total. The fraction of sp³-hybridized carbons (Fsp3) is 0.435. The fourth-order valence-electron chi connectivity index (χ4n) is 3.79. The summed E-state index contributed by atoms with van der Waals surface area (Å²) in [5.74, 6) is 1.32. The maximum atomic E-state index is 13.0. The number of hydrogen-bond donors (Lipinski definition) is 1. The maximum Gasteiger partial charge on any atom is 0.223 e. The number of rotatable bonds is 7. The molecule has 1 N–H and O–H groups in total. The zero-order valence-corrected chi connectivity index (χ0v) is 17.3. The molecule has 0 aromatic heterocycles. The Bertz CT molecular complexity index is 817. The van der Waals surface area contributed by atoms with Gasteiger partial charge in [0.05, 0.1) is 20.3 Å². The third-order valence-corrected chi connectivity index (χ3v) is 5.54. The topological polar surface area (TPSA) is 50.8 Å². The largest absolute Gasteiger partial charge is 0.497 e. The zero-order valence-electron chi connectivity index (χ0n) is 17.3. The minimum absolute atomic E-state index is 0.00137. The molecule has 29 heavy (non-hydrogen) atoms. The normalized spacial score (nSPS) is 16.3. The van der Waals surface area contributed by atoms with Gasteiger partial charge in [-0.1, -0.05) is 12.1 Å². The summed E-state index contributed by atoms with van der Waals surface area (Å²) in [6.07, 6.45) is 1.63. The number of halogens is 1. The third kappa shape index (κ3) is 5.48. The summed E-state index contributed by atoms with van der Waals surface area (Å²) in [5.41, 5.74) is 1.99. The van der Waals surface area contributed by atoms with Crippen LogP contribution in [-0.2, 0) is 11.3 Å². The van der Waals surface area contributed by atoms with Crippen LogP contribution in [-0.4, -0.2) is 38.1 Å². The minimum Gasteiger partial charge on any atom is -0.497 e. The van der Waals surface area contributed by atoms with Crippen molar-refractivity contribution in [2.45, 2.75) is 32.4 Å². The van der Waals surface area contributed by atoms with E-state index in [9.17, 15) is 9.18 Å². The molecule has 1 unspecified atom stereocenters. The number of ether oxygens (including phenoxy) is 2. The minimum atomic E-state index is -0.217. The molecule has 1 amide bonds. The Kier molecular flexibility index (Phi) is 7.09. The molecule has 0 radical (unpaired) electrons. The van der Waals surface area contributed by atoms with Crippen molar-refractivity contribution in [2.24, 2.45) is 5.92 Å². The van der Waals surface area contributed by atoms with Crippen molar-refractivity contribution in [2.75, 3.05) is 27.3 Å². The van der Waals surface area contributed by atoms with Crippen molar-refractivity contribution in [3.05, 3.63) is 59.4 Å². The quantitative estimate of drug-likeness (QED) is 0.765. The first-order valence-corrected chi connectivity index (χ1v) is 9.99. The van der Waals surface area contributed by atoms with Gasteiger partial charge in [0.1, 0.15) is 17.3 Å². The van der Waals surface area contributed by atoms with E-state index in [1.165, 1.54) is 12.1 Å². The van der Waals surface area contributed by atoms with E-state index in [0.29, 0.717) is 0 Å². The van der Waals surface area contributed by atoms with Crippen molar-refractivity contribution in [1.29, 1.82) is 0 Å². The number of carbonyl (C=O) groups excluding carboxylic acids is 1. The van der Waals surface area contributed by atoms with E-state index in [-0.39, 0.29) is 23.7 Å². The second-order valence-electron chi connectivity index (χ2n) is 7.52. The predicted octanol–water partition coefficient (Wildman–Crippen LogP) is 3.93. The summed E-state index contributed by atoms with van der Waals surface area (Å²) >= 11 is 0. The van der Waals surface area contributed by atoms with Gasteiger partial charge >= 0.3 is 0 Å². The highest BCUT2D eigenvalue weighted by atomic mass is 19.1. The second-order valence-corrected chi connectivity index (χ2v) is 7.52. The average molecular weight is 400 g/mol. The average Bonchev–Trinajstić information content (AvgIpc) is 2.75. The molecule has 1 atom stereocenters. The van der Waals surface area contributed by atoms with Crippen LogP contribution < -0.4 is 14.8 Å². The summed E-state index contributed by atoms with van der Waals surface area (Å²) in [4.78, 5) is 15.1. The van der Waals surface area contributed by atoms with E-state index in [0.717, 1.165) is 55.1 Å². The Labute approximate surface area is 171 Å². The second kappa shape index (κ2) is 9.74. The van der Waals surface area contributed by atoms with Crippen LogP contribution >= 0.6 is 0 Å². The van der Waals surface area contributed by atoms with Crippen LogP contribution in [0, 0.1) is 11.7 Å². The molecule has 0 bridgehead atoms. The van der Waals surface area contributed by atoms with E-state index in [1.54, 1.807) is 14.2 Å². The number of benzene rings is 2. The lowest BCUT2D eigenvalue weighted by atomic mass is 9.94. The molecule has 6 heteroatoms. The molecule has 1 saturated heterocycles. The molecule has 1 aliphatic rings. The van der Waals surface area contributed by atoms with Crippen LogP contribution in [0.1, 0.15) is 36.9 Å². The van der Waals surface area contributed by atoms with Gasteiger partial charge in [-0.2, -0.15) is 0 Å². The Balaban J connectivity index is 1.53. The summed E-state index contributed by atoms with van der Waals surface area (Å²) in [5, 5.41) is 3.13. The molecule has 0 saturated carbocycles. The number of nitrogens with one attached hydrogen (secondary N) is 1. The smallest absolute Gasteiger partial charge is 0.223 e. The van der Waals surface area contributed by atoms with Crippen LogP contribution in [0.4, 0.5) is 4.39 Å². The number of hydrogen-bond acceptors (Lipinski definition) is 4.